The maximum atomic E-state index is 13.5. The van der Waals surface area contributed by atoms with Crippen LogP contribution in [0.15, 0.2) is 47.5 Å². The maximum absolute atomic E-state index is 13.5. The zero-order chi connectivity index (χ0) is 19.4. The Balaban J connectivity index is 1.74. The van der Waals surface area contributed by atoms with Gasteiger partial charge in [-0.2, -0.15) is 0 Å². The van der Waals surface area contributed by atoms with Crippen molar-refractivity contribution in [2.75, 3.05) is 13.1 Å². The molecule has 2 unspecified atom stereocenters. The van der Waals surface area contributed by atoms with Crippen LogP contribution in [0.4, 0.5) is 8.78 Å². The lowest BCUT2D eigenvalue weighted by Crippen LogP contribution is -2.40. The highest BCUT2D eigenvalue weighted by atomic mass is 19.2. The minimum absolute atomic E-state index is 0.226. The normalized spacial score (nSPS) is 20.3. The van der Waals surface area contributed by atoms with Crippen LogP contribution < -0.4 is 10.6 Å². The summed E-state index contributed by atoms with van der Waals surface area (Å²) in [6, 6.07) is 11.4. The Hall–Kier alpha value is -2.47. The lowest BCUT2D eigenvalue weighted by molar-refractivity contribution is 0.0485. The first-order valence-corrected chi connectivity index (χ1v) is 9.23. The van der Waals surface area contributed by atoms with Crippen molar-refractivity contribution in [3.05, 3.63) is 70.8 Å². The smallest absolute Gasteiger partial charge is 0.191 e. The molecule has 2 aromatic carbocycles. The molecule has 0 heterocycles. The van der Waals surface area contributed by atoms with Crippen molar-refractivity contribution in [2.45, 2.75) is 38.3 Å². The summed E-state index contributed by atoms with van der Waals surface area (Å²) in [6.07, 6.45) is 1.46. The number of guanidine groups is 1. The number of halogens is 2. The fourth-order valence-corrected chi connectivity index (χ4v) is 3.43. The van der Waals surface area contributed by atoms with Crippen molar-refractivity contribution in [3.8, 4) is 0 Å². The molecular formula is C21H25F2N3O. The summed E-state index contributed by atoms with van der Waals surface area (Å²) in [5.41, 5.74) is 1.72. The molecule has 1 aliphatic carbocycles. The van der Waals surface area contributed by atoms with Crippen LogP contribution >= 0.6 is 0 Å². The van der Waals surface area contributed by atoms with E-state index in [-0.39, 0.29) is 12.6 Å². The molecule has 6 heteroatoms. The second-order valence-electron chi connectivity index (χ2n) is 6.92. The Bertz CT molecular complexity index is 840. The Morgan fingerprint density at radius 3 is 2.74 bits per heavy atom. The SMILES string of the molecule is CCNC(=NCC1(O)CCc2ccccc21)NC(C)c1ccc(F)c(F)c1. The number of aliphatic imine (C=N–C) groups is 1. The highest BCUT2D eigenvalue weighted by Crippen LogP contribution is 2.36. The molecule has 2 atom stereocenters. The van der Waals surface area contributed by atoms with Crippen LogP contribution in [0.25, 0.3) is 0 Å². The summed E-state index contributed by atoms with van der Waals surface area (Å²) in [5, 5.41) is 17.3. The van der Waals surface area contributed by atoms with Gasteiger partial charge in [-0.3, -0.25) is 0 Å². The molecular weight excluding hydrogens is 348 g/mol. The van der Waals surface area contributed by atoms with E-state index in [9.17, 15) is 13.9 Å². The molecule has 3 N–H and O–H groups in total. The minimum Gasteiger partial charge on any atom is -0.383 e. The molecule has 4 nitrogen and oxygen atoms in total. The van der Waals surface area contributed by atoms with Gasteiger partial charge in [0.2, 0.25) is 0 Å². The third-order valence-corrected chi connectivity index (χ3v) is 4.97. The zero-order valence-electron chi connectivity index (χ0n) is 15.6. The van der Waals surface area contributed by atoms with Gasteiger partial charge in [0.25, 0.3) is 0 Å². The van der Waals surface area contributed by atoms with Gasteiger partial charge in [-0.25, -0.2) is 13.8 Å². The lowest BCUT2D eigenvalue weighted by Gasteiger charge is -2.24. The Morgan fingerprint density at radius 2 is 2.00 bits per heavy atom. The fourth-order valence-electron chi connectivity index (χ4n) is 3.43. The monoisotopic (exact) mass is 373 g/mol. The average molecular weight is 373 g/mol. The molecule has 3 rings (SSSR count). The van der Waals surface area contributed by atoms with E-state index in [1.165, 1.54) is 6.07 Å². The van der Waals surface area contributed by atoms with E-state index < -0.39 is 17.2 Å². The maximum Gasteiger partial charge on any atom is 0.191 e. The third-order valence-electron chi connectivity index (χ3n) is 4.97. The van der Waals surface area contributed by atoms with Crippen molar-refractivity contribution >= 4 is 5.96 Å². The molecule has 0 saturated carbocycles. The van der Waals surface area contributed by atoms with E-state index in [4.69, 9.17) is 0 Å². The van der Waals surface area contributed by atoms with Gasteiger partial charge in [0.1, 0.15) is 5.60 Å². The molecule has 0 spiro atoms. The summed E-state index contributed by atoms with van der Waals surface area (Å²) in [5.74, 6) is -1.22. The summed E-state index contributed by atoms with van der Waals surface area (Å²) in [4.78, 5) is 4.55. The first kappa shape index (κ1) is 19.3. The molecule has 0 amide bonds. The van der Waals surface area contributed by atoms with Crippen molar-refractivity contribution in [1.82, 2.24) is 10.6 Å². The van der Waals surface area contributed by atoms with E-state index >= 15 is 0 Å². The largest absolute Gasteiger partial charge is 0.383 e. The summed E-state index contributed by atoms with van der Waals surface area (Å²) in [6.45, 7) is 4.66. The number of benzene rings is 2. The quantitative estimate of drug-likeness (QED) is 0.556. The van der Waals surface area contributed by atoms with Crippen LogP contribution in [0.3, 0.4) is 0 Å². The topological polar surface area (TPSA) is 56.7 Å². The fraction of sp³-hybridized carbons (Fsp3) is 0.381. The molecule has 0 aliphatic heterocycles. The average Bonchev–Trinajstić information content (AvgIpc) is 3.00. The first-order valence-electron chi connectivity index (χ1n) is 9.23. The van der Waals surface area contributed by atoms with E-state index in [1.54, 1.807) is 6.07 Å². The molecule has 0 aromatic heterocycles. The minimum atomic E-state index is -0.982. The third kappa shape index (κ3) is 4.27. The predicted molar refractivity (Wildman–Crippen MR) is 103 cm³/mol. The number of hydrogen-bond donors (Lipinski definition) is 3. The van der Waals surface area contributed by atoms with Crippen LogP contribution in [0.5, 0.6) is 0 Å². The number of hydrogen-bond acceptors (Lipinski definition) is 2. The van der Waals surface area contributed by atoms with Crippen molar-refractivity contribution in [2.24, 2.45) is 4.99 Å². The predicted octanol–water partition coefficient (Wildman–Crippen LogP) is 3.41. The Labute approximate surface area is 158 Å². The highest BCUT2D eigenvalue weighted by Gasteiger charge is 2.36. The van der Waals surface area contributed by atoms with Gasteiger partial charge in [0, 0.05) is 6.54 Å². The molecule has 0 fully saturated rings. The van der Waals surface area contributed by atoms with Crippen LogP contribution in [-0.2, 0) is 12.0 Å². The number of aryl methyl sites for hydroxylation is 1. The standard InChI is InChI=1S/C21H25F2N3O/c1-3-24-20(26-14(2)16-8-9-18(22)19(23)12-16)25-13-21(27)11-10-15-6-4-5-7-17(15)21/h4-9,12,14,27H,3,10-11,13H2,1-2H3,(H2,24,25,26). The van der Waals surface area contributed by atoms with Crippen LogP contribution in [0.2, 0.25) is 0 Å². The van der Waals surface area contributed by atoms with Crippen LogP contribution in [0, 0.1) is 11.6 Å². The van der Waals surface area contributed by atoms with E-state index in [1.807, 2.05) is 38.1 Å². The van der Waals surface area contributed by atoms with E-state index in [0.29, 0.717) is 24.5 Å². The van der Waals surface area contributed by atoms with Gasteiger partial charge in [-0.1, -0.05) is 30.3 Å². The first-order chi connectivity index (χ1) is 12.9. The number of fused-ring (bicyclic) bond motifs is 1. The van der Waals surface area contributed by atoms with Gasteiger partial charge in [0.05, 0.1) is 12.6 Å². The van der Waals surface area contributed by atoms with Gasteiger partial charge in [-0.15, -0.1) is 0 Å². The molecule has 27 heavy (non-hydrogen) atoms. The highest BCUT2D eigenvalue weighted by molar-refractivity contribution is 5.80. The summed E-state index contributed by atoms with van der Waals surface area (Å²) >= 11 is 0. The molecule has 0 bridgehead atoms. The van der Waals surface area contributed by atoms with Gasteiger partial charge in [0.15, 0.2) is 17.6 Å². The van der Waals surface area contributed by atoms with Crippen molar-refractivity contribution in [1.29, 1.82) is 0 Å². The number of rotatable bonds is 5. The van der Waals surface area contributed by atoms with Crippen molar-refractivity contribution < 1.29 is 13.9 Å². The van der Waals surface area contributed by atoms with Gasteiger partial charge in [-0.05, 0) is 55.5 Å². The second kappa shape index (κ2) is 8.05. The van der Waals surface area contributed by atoms with Crippen LogP contribution in [-0.4, -0.2) is 24.2 Å². The van der Waals surface area contributed by atoms with E-state index in [2.05, 4.69) is 15.6 Å². The van der Waals surface area contributed by atoms with Crippen molar-refractivity contribution in [3.63, 3.8) is 0 Å². The number of nitrogens with one attached hydrogen (secondary N) is 2. The number of nitrogens with zero attached hydrogens (tertiary/aromatic N) is 1. The van der Waals surface area contributed by atoms with E-state index in [0.717, 1.165) is 23.6 Å². The molecule has 144 valence electrons. The Morgan fingerprint density at radius 1 is 1.22 bits per heavy atom. The molecule has 2 aromatic rings. The Kier molecular flexibility index (Phi) is 5.75. The molecule has 1 aliphatic rings. The zero-order valence-corrected chi connectivity index (χ0v) is 15.6. The van der Waals surface area contributed by atoms with Crippen LogP contribution in [0.1, 0.15) is 43.0 Å². The molecule has 0 saturated heterocycles. The summed E-state index contributed by atoms with van der Waals surface area (Å²) in [7, 11) is 0. The second-order valence-corrected chi connectivity index (χ2v) is 6.92. The van der Waals surface area contributed by atoms with Gasteiger partial charge >= 0.3 is 0 Å². The van der Waals surface area contributed by atoms with Gasteiger partial charge < -0.3 is 15.7 Å². The molecule has 0 radical (unpaired) electrons. The number of aliphatic hydroxyl groups is 1. The summed E-state index contributed by atoms with van der Waals surface area (Å²) < 4.78 is 26.6. The lowest BCUT2D eigenvalue weighted by atomic mass is 9.96.